The van der Waals surface area contributed by atoms with Gasteiger partial charge in [0.2, 0.25) is 0 Å². The summed E-state index contributed by atoms with van der Waals surface area (Å²) in [6.45, 7) is 0. The second kappa shape index (κ2) is 4.38. The van der Waals surface area contributed by atoms with Crippen molar-refractivity contribution in [1.82, 2.24) is 0 Å². The topological polar surface area (TPSA) is 57.5 Å². The van der Waals surface area contributed by atoms with Crippen molar-refractivity contribution in [2.75, 3.05) is 0 Å². The largest absolute Gasteiger partial charge is 0.479 e. The number of aliphatic hydroxyl groups excluding tert-OH is 1. The fourth-order valence-electron chi connectivity index (χ4n) is 2.01. The fraction of sp³-hybridized carbons (Fsp3) is 0.889. The van der Waals surface area contributed by atoms with E-state index in [1.807, 2.05) is 0 Å². The average molecular weight is 226 g/mol. The third kappa shape index (κ3) is 3.09. The SMILES string of the molecule is O=C(O)C(O)C1CCCC(C(F)(F)F)C1. The van der Waals surface area contributed by atoms with Crippen molar-refractivity contribution in [2.45, 2.75) is 38.0 Å². The molecule has 1 aliphatic rings. The first-order valence-corrected chi connectivity index (χ1v) is 4.80. The Morgan fingerprint density at radius 1 is 1.33 bits per heavy atom. The van der Waals surface area contributed by atoms with Crippen LogP contribution in [0.3, 0.4) is 0 Å². The molecular formula is C9H13F3O3. The molecule has 3 nitrogen and oxygen atoms in total. The van der Waals surface area contributed by atoms with Gasteiger partial charge in [0, 0.05) is 0 Å². The van der Waals surface area contributed by atoms with Gasteiger partial charge in [-0.25, -0.2) is 4.79 Å². The summed E-state index contributed by atoms with van der Waals surface area (Å²) in [6, 6.07) is 0. The minimum Gasteiger partial charge on any atom is -0.479 e. The van der Waals surface area contributed by atoms with Gasteiger partial charge in [-0.05, 0) is 25.2 Å². The van der Waals surface area contributed by atoms with Crippen molar-refractivity contribution in [3.05, 3.63) is 0 Å². The van der Waals surface area contributed by atoms with E-state index in [0.29, 0.717) is 12.8 Å². The van der Waals surface area contributed by atoms with E-state index in [2.05, 4.69) is 0 Å². The third-order valence-electron chi connectivity index (χ3n) is 2.88. The first-order valence-electron chi connectivity index (χ1n) is 4.80. The van der Waals surface area contributed by atoms with Crippen molar-refractivity contribution in [1.29, 1.82) is 0 Å². The molecular weight excluding hydrogens is 213 g/mol. The zero-order chi connectivity index (χ0) is 11.6. The summed E-state index contributed by atoms with van der Waals surface area (Å²) >= 11 is 0. The molecule has 0 saturated heterocycles. The Labute approximate surface area is 84.9 Å². The van der Waals surface area contributed by atoms with Crippen LogP contribution in [0.4, 0.5) is 13.2 Å². The lowest BCUT2D eigenvalue weighted by Crippen LogP contribution is -2.37. The van der Waals surface area contributed by atoms with E-state index < -0.39 is 30.1 Å². The number of carbonyl (C=O) groups is 1. The van der Waals surface area contributed by atoms with Crippen LogP contribution < -0.4 is 0 Å². The Hall–Kier alpha value is -0.780. The van der Waals surface area contributed by atoms with Crippen molar-refractivity contribution in [2.24, 2.45) is 11.8 Å². The zero-order valence-corrected chi connectivity index (χ0v) is 8.00. The second-order valence-corrected chi connectivity index (χ2v) is 3.95. The van der Waals surface area contributed by atoms with Gasteiger partial charge >= 0.3 is 12.1 Å². The first-order chi connectivity index (χ1) is 6.82. The van der Waals surface area contributed by atoms with Gasteiger partial charge in [0.15, 0.2) is 6.10 Å². The number of carboxylic acid groups (broad SMARTS) is 1. The first kappa shape index (κ1) is 12.3. The number of alkyl halides is 3. The van der Waals surface area contributed by atoms with E-state index in [4.69, 9.17) is 10.2 Å². The predicted molar refractivity (Wildman–Crippen MR) is 45.1 cm³/mol. The Morgan fingerprint density at radius 3 is 2.40 bits per heavy atom. The molecule has 1 saturated carbocycles. The number of carboxylic acids is 1. The van der Waals surface area contributed by atoms with Gasteiger partial charge in [-0.1, -0.05) is 6.42 Å². The molecule has 0 bridgehead atoms. The predicted octanol–water partition coefficient (Wildman–Crippen LogP) is 1.80. The molecule has 0 aliphatic heterocycles. The van der Waals surface area contributed by atoms with Crippen molar-refractivity contribution < 1.29 is 28.2 Å². The Morgan fingerprint density at radius 2 is 1.93 bits per heavy atom. The van der Waals surface area contributed by atoms with Crippen LogP contribution in [0.5, 0.6) is 0 Å². The summed E-state index contributed by atoms with van der Waals surface area (Å²) in [7, 11) is 0. The molecule has 1 rings (SSSR count). The summed E-state index contributed by atoms with van der Waals surface area (Å²) in [6.07, 6.45) is -5.53. The summed E-state index contributed by atoms with van der Waals surface area (Å²) in [4.78, 5) is 10.4. The molecule has 88 valence electrons. The number of rotatable bonds is 2. The summed E-state index contributed by atoms with van der Waals surface area (Å²) in [5.74, 6) is -3.68. The van der Waals surface area contributed by atoms with Crippen molar-refractivity contribution >= 4 is 5.97 Å². The van der Waals surface area contributed by atoms with Gasteiger partial charge in [0.05, 0.1) is 5.92 Å². The highest BCUT2D eigenvalue weighted by molar-refractivity contribution is 5.72. The Bertz CT molecular complexity index is 239. The van der Waals surface area contributed by atoms with Gasteiger partial charge in [0.1, 0.15) is 0 Å². The molecule has 6 heteroatoms. The van der Waals surface area contributed by atoms with Crippen LogP contribution in [0.2, 0.25) is 0 Å². The van der Waals surface area contributed by atoms with Crippen LogP contribution in [0, 0.1) is 11.8 Å². The van der Waals surface area contributed by atoms with Crippen LogP contribution in [0.25, 0.3) is 0 Å². The average Bonchev–Trinajstić information content (AvgIpc) is 2.15. The van der Waals surface area contributed by atoms with Gasteiger partial charge in [-0.15, -0.1) is 0 Å². The van der Waals surface area contributed by atoms with Crippen molar-refractivity contribution in [3.63, 3.8) is 0 Å². The molecule has 3 unspecified atom stereocenters. The summed E-state index contributed by atoms with van der Waals surface area (Å²) < 4.78 is 37.1. The van der Waals surface area contributed by atoms with Crippen LogP contribution >= 0.6 is 0 Å². The zero-order valence-electron chi connectivity index (χ0n) is 8.00. The standard InChI is InChI=1S/C9H13F3O3/c10-9(11,12)6-3-1-2-5(4-6)7(13)8(14)15/h5-7,13H,1-4H2,(H,14,15). The molecule has 3 atom stereocenters. The molecule has 2 N–H and O–H groups in total. The Balaban J connectivity index is 2.60. The van der Waals surface area contributed by atoms with Crippen LogP contribution in [-0.4, -0.2) is 28.5 Å². The monoisotopic (exact) mass is 226 g/mol. The van der Waals surface area contributed by atoms with E-state index in [0.717, 1.165) is 0 Å². The maximum Gasteiger partial charge on any atom is 0.391 e. The molecule has 0 heterocycles. The maximum atomic E-state index is 12.4. The molecule has 0 aromatic carbocycles. The highest BCUT2D eigenvalue weighted by atomic mass is 19.4. The molecule has 0 aromatic heterocycles. The highest BCUT2D eigenvalue weighted by Crippen LogP contribution is 2.40. The highest BCUT2D eigenvalue weighted by Gasteiger charge is 2.44. The van der Waals surface area contributed by atoms with Crippen molar-refractivity contribution in [3.8, 4) is 0 Å². The van der Waals surface area contributed by atoms with Crippen LogP contribution in [-0.2, 0) is 4.79 Å². The van der Waals surface area contributed by atoms with Crippen LogP contribution in [0.1, 0.15) is 25.7 Å². The second-order valence-electron chi connectivity index (χ2n) is 3.95. The lowest BCUT2D eigenvalue weighted by atomic mass is 9.78. The van der Waals surface area contributed by atoms with Gasteiger partial charge in [0.25, 0.3) is 0 Å². The lowest BCUT2D eigenvalue weighted by Gasteiger charge is -2.31. The van der Waals surface area contributed by atoms with Crippen LogP contribution in [0.15, 0.2) is 0 Å². The number of aliphatic hydroxyl groups is 1. The maximum absolute atomic E-state index is 12.4. The molecule has 1 aliphatic carbocycles. The fourth-order valence-corrected chi connectivity index (χ4v) is 2.01. The van der Waals surface area contributed by atoms with E-state index in [1.165, 1.54) is 0 Å². The number of hydrogen-bond acceptors (Lipinski definition) is 2. The summed E-state index contributed by atoms with van der Waals surface area (Å²) in [5.41, 5.74) is 0. The number of hydrogen-bond donors (Lipinski definition) is 2. The number of halogens is 3. The minimum atomic E-state index is -4.28. The number of aliphatic carboxylic acids is 1. The van der Waals surface area contributed by atoms with E-state index in [9.17, 15) is 18.0 Å². The smallest absolute Gasteiger partial charge is 0.391 e. The molecule has 15 heavy (non-hydrogen) atoms. The Kier molecular flexibility index (Phi) is 3.59. The molecule has 0 amide bonds. The third-order valence-corrected chi connectivity index (χ3v) is 2.88. The lowest BCUT2D eigenvalue weighted by molar-refractivity contribution is -0.191. The normalized spacial score (nSPS) is 29.9. The van der Waals surface area contributed by atoms with E-state index in [1.54, 1.807) is 0 Å². The quantitative estimate of drug-likeness (QED) is 0.754. The molecule has 0 radical (unpaired) electrons. The van der Waals surface area contributed by atoms with Gasteiger partial charge in [-0.2, -0.15) is 13.2 Å². The van der Waals surface area contributed by atoms with Gasteiger partial charge in [-0.3, -0.25) is 0 Å². The summed E-state index contributed by atoms with van der Waals surface area (Å²) in [5, 5.41) is 17.7. The molecule has 1 fully saturated rings. The minimum absolute atomic E-state index is 0.0341. The molecule has 0 aromatic rings. The van der Waals surface area contributed by atoms with E-state index in [-0.39, 0.29) is 12.8 Å². The molecule has 0 spiro atoms. The van der Waals surface area contributed by atoms with E-state index >= 15 is 0 Å². The van der Waals surface area contributed by atoms with Gasteiger partial charge < -0.3 is 10.2 Å².